The first-order valence-electron chi connectivity index (χ1n) is 5.88. The fourth-order valence-electron chi connectivity index (χ4n) is 1.65. The Balaban J connectivity index is 2.46. The van der Waals surface area contributed by atoms with Crippen LogP contribution in [0.4, 0.5) is 0 Å². The second kappa shape index (κ2) is 7.18. The van der Waals surface area contributed by atoms with Crippen molar-refractivity contribution in [2.24, 2.45) is 5.92 Å². The van der Waals surface area contributed by atoms with Crippen molar-refractivity contribution in [2.75, 3.05) is 0 Å². The Kier molecular flexibility index (Phi) is 5.79. The number of hydrogen-bond acceptors (Lipinski definition) is 2. The van der Waals surface area contributed by atoms with Gasteiger partial charge in [-0.1, -0.05) is 50.6 Å². The zero-order chi connectivity index (χ0) is 11.8. The highest BCUT2D eigenvalue weighted by Gasteiger charge is 2.16. The Labute approximate surface area is 97.6 Å². The summed E-state index contributed by atoms with van der Waals surface area (Å²) in [5, 5.41) is 0. The van der Waals surface area contributed by atoms with Gasteiger partial charge in [-0.15, -0.1) is 0 Å². The van der Waals surface area contributed by atoms with Crippen LogP contribution in [0.15, 0.2) is 30.3 Å². The Morgan fingerprint density at radius 2 is 2.00 bits per heavy atom. The van der Waals surface area contributed by atoms with E-state index >= 15 is 0 Å². The molecule has 0 aliphatic heterocycles. The number of carbonyl (C=O) groups excluding carboxylic acids is 1. The molecule has 1 aromatic rings. The quantitative estimate of drug-likeness (QED) is 0.659. The Morgan fingerprint density at radius 3 is 2.56 bits per heavy atom. The maximum absolute atomic E-state index is 10.8. The number of carbonyl (C=O) groups is 1. The van der Waals surface area contributed by atoms with Crippen LogP contribution in [0.1, 0.15) is 32.3 Å². The molecule has 0 unspecified atom stereocenters. The van der Waals surface area contributed by atoms with E-state index in [1.54, 1.807) is 0 Å². The first-order chi connectivity index (χ1) is 7.77. The zero-order valence-corrected chi connectivity index (χ0v) is 10.1. The second-order valence-electron chi connectivity index (χ2n) is 4.12. The van der Waals surface area contributed by atoms with Gasteiger partial charge < -0.3 is 9.53 Å². The second-order valence-corrected chi connectivity index (χ2v) is 4.12. The van der Waals surface area contributed by atoms with Crippen LogP contribution in [-0.2, 0) is 16.1 Å². The number of hydrogen-bond donors (Lipinski definition) is 0. The zero-order valence-electron chi connectivity index (χ0n) is 10.1. The van der Waals surface area contributed by atoms with Gasteiger partial charge in [0, 0.05) is 5.92 Å². The Hall–Kier alpha value is -1.15. The van der Waals surface area contributed by atoms with E-state index in [-0.39, 0.29) is 12.0 Å². The molecule has 2 nitrogen and oxygen atoms in total. The van der Waals surface area contributed by atoms with Crippen molar-refractivity contribution >= 4 is 6.29 Å². The monoisotopic (exact) mass is 220 g/mol. The van der Waals surface area contributed by atoms with Gasteiger partial charge in [0.25, 0.3) is 0 Å². The highest BCUT2D eigenvalue weighted by atomic mass is 16.5. The maximum Gasteiger partial charge on any atom is 0.125 e. The standard InChI is InChI=1S/C14H20O2/c1-3-7-14(12(2)10-15)16-11-13-8-5-4-6-9-13/h4-6,8-10,12,14H,3,7,11H2,1-2H3/t12-,14+/m1/s1. The van der Waals surface area contributed by atoms with Crippen LogP contribution < -0.4 is 0 Å². The average molecular weight is 220 g/mol. The minimum Gasteiger partial charge on any atom is -0.373 e. The van der Waals surface area contributed by atoms with E-state index in [9.17, 15) is 4.79 Å². The van der Waals surface area contributed by atoms with Gasteiger partial charge >= 0.3 is 0 Å². The minimum atomic E-state index is -0.0244. The third-order valence-corrected chi connectivity index (χ3v) is 2.68. The van der Waals surface area contributed by atoms with Crippen molar-refractivity contribution in [3.8, 4) is 0 Å². The third-order valence-electron chi connectivity index (χ3n) is 2.68. The van der Waals surface area contributed by atoms with Crippen molar-refractivity contribution in [3.63, 3.8) is 0 Å². The SMILES string of the molecule is CCC[C@H](OCc1ccccc1)[C@H](C)C=O. The molecule has 0 spiro atoms. The summed E-state index contributed by atoms with van der Waals surface area (Å²) in [5.74, 6) is -0.0244. The highest BCUT2D eigenvalue weighted by molar-refractivity contribution is 5.53. The van der Waals surface area contributed by atoms with Crippen LogP contribution in [-0.4, -0.2) is 12.4 Å². The van der Waals surface area contributed by atoms with Crippen molar-refractivity contribution in [2.45, 2.75) is 39.4 Å². The first kappa shape index (κ1) is 12.9. The van der Waals surface area contributed by atoms with Gasteiger partial charge in [0.2, 0.25) is 0 Å². The number of aldehydes is 1. The summed E-state index contributed by atoms with van der Waals surface area (Å²) < 4.78 is 5.79. The van der Waals surface area contributed by atoms with E-state index in [1.807, 2.05) is 37.3 Å². The molecule has 2 heteroatoms. The number of rotatable bonds is 7. The van der Waals surface area contributed by atoms with Crippen LogP contribution in [0.2, 0.25) is 0 Å². The summed E-state index contributed by atoms with van der Waals surface area (Å²) in [6.07, 6.45) is 3.00. The van der Waals surface area contributed by atoms with E-state index in [4.69, 9.17) is 4.74 Å². The van der Waals surface area contributed by atoms with Crippen molar-refractivity contribution < 1.29 is 9.53 Å². The van der Waals surface area contributed by atoms with Crippen LogP contribution in [0.3, 0.4) is 0 Å². The molecule has 0 fully saturated rings. The molecule has 0 N–H and O–H groups in total. The third kappa shape index (κ3) is 4.15. The van der Waals surface area contributed by atoms with Gasteiger partial charge in [-0.3, -0.25) is 0 Å². The molecule has 1 aromatic carbocycles. The molecule has 16 heavy (non-hydrogen) atoms. The molecular formula is C14H20O2. The minimum absolute atomic E-state index is 0.0244. The Morgan fingerprint density at radius 1 is 1.31 bits per heavy atom. The molecule has 0 amide bonds. The maximum atomic E-state index is 10.8. The van der Waals surface area contributed by atoms with Crippen molar-refractivity contribution in [1.29, 1.82) is 0 Å². The molecule has 1 rings (SSSR count). The normalized spacial score (nSPS) is 14.4. The van der Waals surface area contributed by atoms with E-state index in [0.717, 1.165) is 24.7 Å². The van der Waals surface area contributed by atoms with Crippen molar-refractivity contribution in [1.82, 2.24) is 0 Å². The summed E-state index contributed by atoms with van der Waals surface area (Å²) >= 11 is 0. The molecule has 0 saturated carbocycles. The summed E-state index contributed by atoms with van der Waals surface area (Å²) in [4.78, 5) is 10.8. The number of benzene rings is 1. The van der Waals surface area contributed by atoms with Gasteiger partial charge in [0.15, 0.2) is 0 Å². The van der Waals surface area contributed by atoms with Crippen molar-refractivity contribution in [3.05, 3.63) is 35.9 Å². The summed E-state index contributed by atoms with van der Waals surface area (Å²) in [6.45, 7) is 4.61. The molecule has 0 heterocycles. The van der Waals surface area contributed by atoms with Gasteiger partial charge in [0.05, 0.1) is 12.7 Å². The topological polar surface area (TPSA) is 26.3 Å². The Bertz CT molecular complexity index is 295. The van der Waals surface area contributed by atoms with E-state index in [2.05, 4.69) is 6.92 Å². The van der Waals surface area contributed by atoms with Gasteiger partial charge in [-0.05, 0) is 12.0 Å². The average Bonchev–Trinajstić information content (AvgIpc) is 2.34. The molecular weight excluding hydrogens is 200 g/mol. The fourth-order valence-corrected chi connectivity index (χ4v) is 1.65. The smallest absolute Gasteiger partial charge is 0.125 e. The largest absolute Gasteiger partial charge is 0.373 e. The molecule has 0 aliphatic rings. The highest BCUT2D eigenvalue weighted by Crippen LogP contribution is 2.14. The number of ether oxygens (including phenoxy) is 1. The lowest BCUT2D eigenvalue weighted by Crippen LogP contribution is -2.22. The molecule has 0 aromatic heterocycles. The predicted octanol–water partition coefficient (Wildman–Crippen LogP) is 3.21. The van der Waals surface area contributed by atoms with Gasteiger partial charge in [-0.2, -0.15) is 0 Å². The summed E-state index contributed by atoms with van der Waals surface area (Å²) in [5.41, 5.74) is 1.15. The van der Waals surface area contributed by atoms with E-state index < -0.39 is 0 Å². The molecule has 0 saturated heterocycles. The predicted molar refractivity (Wildman–Crippen MR) is 65.2 cm³/mol. The molecule has 0 aliphatic carbocycles. The molecule has 88 valence electrons. The van der Waals surface area contributed by atoms with E-state index in [1.165, 1.54) is 0 Å². The first-order valence-corrected chi connectivity index (χ1v) is 5.88. The lowest BCUT2D eigenvalue weighted by Gasteiger charge is -2.20. The van der Waals surface area contributed by atoms with E-state index in [0.29, 0.717) is 6.61 Å². The lowest BCUT2D eigenvalue weighted by atomic mass is 10.0. The fraction of sp³-hybridized carbons (Fsp3) is 0.500. The molecule has 2 atom stereocenters. The summed E-state index contributed by atoms with van der Waals surface area (Å²) in [7, 11) is 0. The molecule has 0 bridgehead atoms. The van der Waals surface area contributed by atoms with Gasteiger partial charge in [0.1, 0.15) is 6.29 Å². The molecule has 0 radical (unpaired) electrons. The lowest BCUT2D eigenvalue weighted by molar-refractivity contribution is -0.116. The van der Waals surface area contributed by atoms with Crippen LogP contribution >= 0.6 is 0 Å². The van der Waals surface area contributed by atoms with Gasteiger partial charge in [-0.25, -0.2) is 0 Å². The summed E-state index contributed by atoms with van der Waals surface area (Å²) in [6, 6.07) is 10.1. The van der Waals surface area contributed by atoms with Crippen LogP contribution in [0.5, 0.6) is 0 Å². The van der Waals surface area contributed by atoms with Crippen LogP contribution in [0, 0.1) is 5.92 Å². The van der Waals surface area contributed by atoms with Crippen LogP contribution in [0.25, 0.3) is 0 Å².